The third-order valence-electron chi connectivity index (χ3n) is 7.65. The fraction of sp³-hybridized carbons (Fsp3) is 0.259. The summed E-state index contributed by atoms with van der Waals surface area (Å²) in [5.41, 5.74) is 14.6. The minimum atomic E-state index is -1.01. The number of anilines is 2. The van der Waals surface area contributed by atoms with Crippen LogP contribution in [0.1, 0.15) is 39.9 Å². The number of nitrogens with zero attached hydrogens (tertiary/aromatic N) is 4. The average molecular weight is 434 g/mol. The predicted octanol–water partition coefficient (Wildman–Crippen LogP) is 4.41. The molecule has 3 heterocycles. The van der Waals surface area contributed by atoms with Gasteiger partial charge in [-0.3, -0.25) is 4.79 Å². The highest BCUT2D eigenvalue weighted by molar-refractivity contribution is 6.52. The largest absolute Gasteiger partial charge is 0.457 e. The molecule has 3 aromatic rings. The SMILES string of the molecule is [N-]=[N+]=C1C(=O)c2ccccc2C12c1ccc(N3CCC3)cc1Oc1cc(N3CCC3)ccc12. The average Bonchev–Trinajstić information content (AvgIpc) is 3.00. The standard InChI is InChI=1S/C27H22N4O2/c28-29-26-25(32)19-5-1-2-6-20(19)27(26)21-9-7-17(30-11-3-12-30)15-23(21)33-24-16-18(8-10-22(24)27)31-13-4-14-31/h1-2,5-10,15-16H,3-4,11-14H2. The lowest BCUT2D eigenvalue weighted by molar-refractivity contribution is -0.0118. The van der Waals surface area contributed by atoms with Gasteiger partial charge in [0, 0.05) is 66.4 Å². The topological polar surface area (TPSA) is 69.2 Å². The van der Waals surface area contributed by atoms with Crippen molar-refractivity contribution >= 4 is 22.9 Å². The molecule has 1 spiro atoms. The van der Waals surface area contributed by atoms with Gasteiger partial charge in [0.2, 0.25) is 0 Å². The highest BCUT2D eigenvalue weighted by Gasteiger charge is 2.61. The van der Waals surface area contributed by atoms with Gasteiger partial charge in [0.15, 0.2) is 5.41 Å². The lowest BCUT2D eigenvalue weighted by atomic mass is 9.67. The summed E-state index contributed by atoms with van der Waals surface area (Å²) in [7, 11) is 0. The lowest BCUT2D eigenvalue weighted by Crippen LogP contribution is -2.41. The van der Waals surface area contributed by atoms with Gasteiger partial charge in [0.05, 0.1) is 0 Å². The van der Waals surface area contributed by atoms with E-state index >= 15 is 0 Å². The molecule has 6 nitrogen and oxygen atoms in total. The first kappa shape index (κ1) is 18.7. The normalized spacial score (nSPS) is 19.2. The van der Waals surface area contributed by atoms with Crippen molar-refractivity contribution in [2.24, 2.45) is 0 Å². The maximum Gasteiger partial charge on any atom is 0.358 e. The Morgan fingerprint density at radius 1 is 0.788 bits per heavy atom. The molecule has 0 unspecified atom stereocenters. The Bertz CT molecular complexity index is 1330. The van der Waals surface area contributed by atoms with Crippen LogP contribution in [0.5, 0.6) is 11.5 Å². The fourth-order valence-electron chi connectivity index (χ4n) is 5.72. The quantitative estimate of drug-likeness (QED) is 0.442. The van der Waals surface area contributed by atoms with Crippen molar-refractivity contribution in [2.75, 3.05) is 36.0 Å². The minimum absolute atomic E-state index is 0.128. The molecular weight excluding hydrogens is 412 g/mol. The zero-order valence-corrected chi connectivity index (χ0v) is 18.1. The van der Waals surface area contributed by atoms with E-state index in [1.54, 1.807) is 0 Å². The number of fused-ring (bicyclic) bond motifs is 6. The molecule has 3 aliphatic heterocycles. The Kier molecular flexibility index (Phi) is 3.71. The number of hydrogen-bond acceptors (Lipinski definition) is 4. The molecule has 2 fully saturated rings. The van der Waals surface area contributed by atoms with Crippen LogP contribution in [-0.2, 0) is 5.41 Å². The second-order valence-electron chi connectivity index (χ2n) is 9.22. The summed E-state index contributed by atoms with van der Waals surface area (Å²) in [6.07, 6.45) is 2.38. The first-order chi connectivity index (χ1) is 16.2. The summed E-state index contributed by atoms with van der Waals surface area (Å²) < 4.78 is 6.52. The van der Waals surface area contributed by atoms with Gasteiger partial charge in [-0.25, -0.2) is 0 Å². The molecule has 0 amide bonds. The highest BCUT2D eigenvalue weighted by atomic mass is 16.5. The molecule has 162 valence electrons. The van der Waals surface area contributed by atoms with E-state index in [1.165, 1.54) is 12.8 Å². The van der Waals surface area contributed by atoms with Crippen LogP contribution in [-0.4, -0.2) is 42.5 Å². The Labute approximate surface area is 191 Å². The number of carbonyl (C=O) groups excluding carboxylic acids is 1. The van der Waals surface area contributed by atoms with Crippen molar-refractivity contribution in [3.8, 4) is 11.5 Å². The number of ether oxygens (including phenoxy) is 1. The number of benzene rings is 3. The maximum atomic E-state index is 13.4. The Balaban J connectivity index is 1.53. The van der Waals surface area contributed by atoms with E-state index in [9.17, 15) is 10.3 Å². The van der Waals surface area contributed by atoms with E-state index in [0.29, 0.717) is 17.1 Å². The molecule has 0 aromatic heterocycles. The molecular formula is C27H22N4O2. The zero-order valence-electron chi connectivity index (χ0n) is 18.1. The van der Waals surface area contributed by atoms with Crippen molar-refractivity contribution < 1.29 is 14.3 Å². The van der Waals surface area contributed by atoms with Crippen LogP contribution < -0.4 is 14.5 Å². The molecule has 33 heavy (non-hydrogen) atoms. The number of carbonyl (C=O) groups is 1. The summed E-state index contributed by atoms with van der Waals surface area (Å²) >= 11 is 0. The fourth-order valence-corrected chi connectivity index (χ4v) is 5.72. The molecule has 4 aliphatic rings. The van der Waals surface area contributed by atoms with E-state index in [0.717, 1.165) is 54.2 Å². The first-order valence-corrected chi connectivity index (χ1v) is 11.6. The molecule has 0 radical (unpaired) electrons. The van der Waals surface area contributed by atoms with Crippen LogP contribution in [0.3, 0.4) is 0 Å². The molecule has 6 heteroatoms. The highest BCUT2D eigenvalue weighted by Crippen LogP contribution is 2.57. The van der Waals surface area contributed by atoms with E-state index in [1.807, 2.05) is 36.4 Å². The van der Waals surface area contributed by atoms with E-state index in [-0.39, 0.29) is 11.5 Å². The van der Waals surface area contributed by atoms with Gasteiger partial charge in [-0.05, 0) is 30.5 Å². The smallest absolute Gasteiger partial charge is 0.358 e. The van der Waals surface area contributed by atoms with E-state index < -0.39 is 5.41 Å². The van der Waals surface area contributed by atoms with Crippen molar-refractivity contribution in [2.45, 2.75) is 18.3 Å². The number of hydrogen-bond donors (Lipinski definition) is 0. The first-order valence-electron chi connectivity index (χ1n) is 11.6. The monoisotopic (exact) mass is 434 g/mol. The Morgan fingerprint density at radius 2 is 1.36 bits per heavy atom. The third kappa shape index (κ3) is 2.31. The Hall–Kier alpha value is -3.89. The van der Waals surface area contributed by atoms with Gasteiger partial charge in [-0.2, -0.15) is 4.79 Å². The minimum Gasteiger partial charge on any atom is -0.457 e. The van der Waals surface area contributed by atoms with Crippen molar-refractivity contribution in [1.82, 2.24) is 0 Å². The molecule has 0 atom stereocenters. The summed E-state index contributed by atoms with van der Waals surface area (Å²) in [6, 6.07) is 20.0. The number of rotatable bonds is 2. The number of ketones is 1. The number of Topliss-reactive ketones (excluding diaryl/α,β-unsaturated/α-hetero) is 1. The van der Waals surface area contributed by atoms with Gasteiger partial charge >= 0.3 is 5.71 Å². The molecule has 7 rings (SSSR count). The molecule has 3 aromatic carbocycles. The molecule has 1 aliphatic carbocycles. The van der Waals surface area contributed by atoms with Crippen LogP contribution in [0.2, 0.25) is 0 Å². The van der Waals surface area contributed by atoms with Crippen molar-refractivity contribution in [1.29, 1.82) is 0 Å². The van der Waals surface area contributed by atoms with Gasteiger partial charge in [-0.15, -0.1) is 0 Å². The van der Waals surface area contributed by atoms with Crippen LogP contribution in [0, 0.1) is 0 Å². The maximum absolute atomic E-state index is 13.4. The van der Waals surface area contributed by atoms with Crippen molar-refractivity contribution in [3.05, 3.63) is 88.4 Å². The van der Waals surface area contributed by atoms with Crippen LogP contribution in [0.25, 0.3) is 5.53 Å². The molecule has 2 saturated heterocycles. The van der Waals surface area contributed by atoms with Crippen molar-refractivity contribution in [3.63, 3.8) is 0 Å². The van der Waals surface area contributed by atoms with Crippen LogP contribution in [0.4, 0.5) is 11.4 Å². The summed E-state index contributed by atoms with van der Waals surface area (Å²) in [6.45, 7) is 4.13. The molecule has 0 bridgehead atoms. The second kappa shape index (κ2) is 6.56. The van der Waals surface area contributed by atoms with E-state index in [2.05, 4.69) is 38.9 Å². The zero-order chi connectivity index (χ0) is 22.2. The molecule has 0 saturated carbocycles. The summed E-state index contributed by atoms with van der Waals surface area (Å²) in [5, 5.41) is 0. The van der Waals surface area contributed by atoms with Gasteiger partial charge < -0.3 is 20.1 Å². The van der Waals surface area contributed by atoms with Crippen LogP contribution in [0.15, 0.2) is 60.7 Å². The second-order valence-corrected chi connectivity index (χ2v) is 9.22. The van der Waals surface area contributed by atoms with Crippen LogP contribution >= 0.6 is 0 Å². The molecule has 0 N–H and O–H groups in total. The predicted molar refractivity (Wildman–Crippen MR) is 126 cm³/mol. The Morgan fingerprint density at radius 3 is 1.88 bits per heavy atom. The summed E-state index contributed by atoms with van der Waals surface area (Å²) in [5.74, 6) is 1.17. The van der Waals surface area contributed by atoms with Gasteiger partial charge in [-0.1, -0.05) is 36.4 Å². The van der Waals surface area contributed by atoms with E-state index in [4.69, 9.17) is 4.74 Å². The van der Waals surface area contributed by atoms with Gasteiger partial charge in [0.1, 0.15) is 11.5 Å². The lowest BCUT2D eigenvalue weighted by Gasteiger charge is -2.38. The summed E-state index contributed by atoms with van der Waals surface area (Å²) in [4.78, 5) is 21.7. The van der Waals surface area contributed by atoms with Gasteiger partial charge in [0.25, 0.3) is 5.78 Å². The third-order valence-corrected chi connectivity index (χ3v) is 7.65.